The van der Waals surface area contributed by atoms with Gasteiger partial charge in [-0.15, -0.1) is 0 Å². The second-order valence-corrected chi connectivity index (χ2v) is 5.26. The van der Waals surface area contributed by atoms with Crippen LogP contribution in [0.3, 0.4) is 0 Å². The lowest BCUT2D eigenvalue weighted by molar-refractivity contribution is 0.0527. The van der Waals surface area contributed by atoms with Crippen LogP contribution in [0.25, 0.3) is 0 Å². The normalized spacial score (nSPS) is 10.7. The van der Waals surface area contributed by atoms with E-state index in [0.717, 1.165) is 25.7 Å². The molecule has 2 N–H and O–H groups in total. The molecule has 112 valence electrons. The smallest absolute Gasteiger partial charge is 0.407 e. The van der Waals surface area contributed by atoms with Gasteiger partial charge >= 0.3 is 12.2 Å². The summed E-state index contributed by atoms with van der Waals surface area (Å²) in [5, 5.41) is 5.32. The topological polar surface area (TPSA) is 76.7 Å². The average Bonchev–Trinajstić information content (AvgIpc) is 2.29. The Morgan fingerprint density at radius 1 is 0.895 bits per heavy atom. The van der Waals surface area contributed by atoms with E-state index < -0.39 is 11.7 Å². The van der Waals surface area contributed by atoms with Gasteiger partial charge < -0.3 is 20.1 Å². The second kappa shape index (κ2) is 9.47. The zero-order valence-corrected chi connectivity index (χ0v) is 12.4. The fraction of sp³-hybridized carbons (Fsp3) is 0.846. The van der Waals surface area contributed by atoms with Crippen molar-refractivity contribution < 1.29 is 19.1 Å². The lowest BCUT2D eigenvalue weighted by Crippen LogP contribution is -2.33. The highest BCUT2D eigenvalue weighted by Crippen LogP contribution is 2.06. The Morgan fingerprint density at radius 3 is 1.79 bits per heavy atom. The maximum atomic E-state index is 11.3. The highest BCUT2D eigenvalue weighted by atomic mass is 16.6. The molecular formula is C13H26N2O4. The molecule has 0 rings (SSSR count). The van der Waals surface area contributed by atoms with Gasteiger partial charge in [-0.1, -0.05) is 12.8 Å². The average molecular weight is 274 g/mol. The molecule has 0 heterocycles. The molecule has 0 unspecified atom stereocenters. The zero-order chi connectivity index (χ0) is 14.7. The Hall–Kier alpha value is -1.46. The molecular weight excluding hydrogens is 248 g/mol. The summed E-state index contributed by atoms with van der Waals surface area (Å²) in [7, 11) is 1.34. The molecule has 6 nitrogen and oxygen atoms in total. The first kappa shape index (κ1) is 17.5. The third kappa shape index (κ3) is 12.8. The second-order valence-electron chi connectivity index (χ2n) is 5.26. The van der Waals surface area contributed by atoms with Crippen LogP contribution in [0.15, 0.2) is 0 Å². The molecule has 0 saturated carbocycles. The maximum absolute atomic E-state index is 11.3. The number of ether oxygens (including phenoxy) is 2. The van der Waals surface area contributed by atoms with E-state index in [4.69, 9.17) is 4.74 Å². The van der Waals surface area contributed by atoms with E-state index in [1.165, 1.54) is 7.11 Å². The summed E-state index contributed by atoms with van der Waals surface area (Å²) in [5.41, 5.74) is -0.455. The predicted molar refractivity (Wildman–Crippen MR) is 73.1 cm³/mol. The Bertz CT molecular complexity index is 274. The highest BCUT2D eigenvalue weighted by Gasteiger charge is 2.15. The lowest BCUT2D eigenvalue weighted by Gasteiger charge is -2.19. The molecule has 0 aliphatic carbocycles. The van der Waals surface area contributed by atoms with Gasteiger partial charge in [-0.2, -0.15) is 0 Å². The van der Waals surface area contributed by atoms with Gasteiger partial charge in [0, 0.05) is 13.1 Å². The van der Waals surface area contributed by atoms with Crippen LogP contribution in [0, 0.1) is 0 Å². The van der Waals surface area contributed by atoms with Crippen molar-refractivity contribution in [1.82, 2.24) is 10.6 Å². The molecule has 0 aromatic rings. The minimum atomic E-state index is -0.455. The predicted octanol–water partition coefficient (Wildman–Crippen LogP) is 2.43. The number of unbranched alkanes of at least 4 members (excludes halogenated alkanes) is 3. The number of rotatable bonds is 7. The third-order valence-electron chi connectivity index (χ3n) is 2.23. The number of nitrogens with one attached hydrogen (secondary N) is 2. The van der Waals surface area contributed by atoms with E-state index >= 15 is 0 Å². The summed E-state index contributed by atoms with van der Waals surface area (Å²) < 4.78 is 9.56. The first-order valence-electron chi connectivity index (χ1n) is 6.64. The molecule has 0 radical (unpaired) electrons. The van der Waals surface area contributed by atoms with Crippen molar-refractivity contribution in [3.8, 4) is 0 Å². The molecule has 0 fully saturated rings. The van der Waals surface area contributed by atoms with Crippen LogP contribution in [-0.2, 0) is 9.47 Å². The first-order valence-corrected chi connectivity index (χ1v) is 6.64. The molecule has 0 aliphatic rings. The number of hydrogen-bond acceptors (Lipinski definition) is 4. The van der Waals surface area contributed by atoms with Crippen LogP contribution < -0.4 is 10.6 Å². The first-order chi connectivity index (χ1) is 8.85. The van der Waals surface area contributed by atoms with Gasteiger partial charge in [0.25, 0.3) is 0 Å². The van der Waals surface area contributed by atoms with Crippen molar-refractivity contribution in [2.75, 3.05) is 20.2 Å². The quantitative estimate of drug-likeness (QED) is 0.699. The fourth-order valence-electron chi connectivity index (χ4n) is 1.37. The molecule has 0 saturated heterocycles. The molecule has 6 heteroatoms. The van der Waals surface area contributed by atoms with E-state index in [9.17, 15) is 9.59 Å². The SMILES string of the molecule is COC(=O)NCCCCCCNC(=O)OC(C)(C)C. The Labute approximate surface area is 115 Å². The summed E-state index contributed by atoms with van der Waals surface area (Å²) in [4.78, 5) is 22.0. The van der Waals surface area contributed by atoms with Crippen molar-refractivity contribution in [2.45, 2.75) is 52.1 Å². The molecule has 19 heavy (non-hydrogen) atoms. The number of amides is 2. The fourth-order valence-corrected chi connectivity index (χ4v) is 1.37. The number of methoxy groups -OCH3 is 1. The number of carbonyl (C=O) groups excluding carboxylic acids is 2. The van der Waals surface area contributed by atoms with Crippen molar-refractivity contribution in [3.05, 3.63) is 0 Å². The molecule has 2 amide bonds. The minimum absolute atomic E-state index is 0.375. The largest absolute Gasteiger partial charge is 0.453 e. The van der Waals surface area contributed by atoms with Gasteiger partial charge in [-0.3, -0.25) is 0 Å². The van der Waals surface area contributed by atoms with E-state index in [1.54, 1.807) is 0 Å². The maximum Gasteiger partial charge on any atom is 0.407 e. The van der Waals surface area contributed by atoms with Crippen LogP contribution in [-0.4, -0.2) is 38.0 Å². The lowest BCUT2D eigenvalue weighted by atomic mass is 10.2. The summed E-state index contributed by atoms with van der Waals surface area (Å²) in [5.74, 6) is 0. The highest BCUT2D eigenvalue weighted by molar-refractivity contribution is 5.67. The Morgan fingerprint density at radius 2 is 1.37 bits per heavy atom. The van der Waals surface area contributed by atoms with E-state index in [2.05, 4.69) is 15.4 Å². The van der Waals surface area contributed by atoms with Crippen LogP contribution in [0.5, 0.6) is 0 Å². The van der Waals surface area contributed by atoms with Crippen LogP contribution >= 0.6 is 0 Å². The van der Waals surface area contributed by atoms with Gasteiger partial charge in [0.05, 0.1) is 7.11 Å². The summed E-state index contributed by atoms with van der Waals surface area (Å²) >= 11 is 0. The standard InChI is InChI=1S/C13H26N2O4/c1-13(2,3)19-12(17)15-10-8-6-5-7-9-14-11(16)18-4/h5-10H2,1-4H3,(H,14,16)(H,15,17). The van der Waals surface area contributed by atoms with E-state index in [-0.39, 0.29) is 6.09 Å². The summed E-state index contributed by atoms with van der Waals surface area (Å²) in [6, 6.07) is 0. The third-order valence-corrected chi connectivity index (χ3v) is 2.23. The van der Waals surface area contributed by atoms with Gasteiger partial charge in [0.2, 0.25) is 0 Å². The van der Waals surface area contributed by atoms with Gasteiger partial charge in [0.1, 0.15) is 5.60 Å². The van der Waals surface area contributed by atoms with Crippen molar-refractivity contribution in [3.63, 3.8) is 0 Å². The van der Waals surface area contributed by atoms with Gasteiger partial charge in [-0.05, 0) is 33.6 Å². The van der Waals surface area contributed by atoms with Gasteiger partial charge in [0.15, 0.2) is 0 Å². The molecule has 0 aliphatic heterocycles. The van der Waals surface area contributed by atoms with Crippen molar-refractivity contribution in [2.24, 2.45) is 0 Å². The van der Waals surface area contributed by atoms with Crippen LogP contribution in [0.2, 0.25) is 0 Å². The number of hydrogen-bond donors (Lipinski definition) is 2. The molecule has 0 aromatic carbocycles. The van der Waals surface area contributed by atoms with Gasteiger partial charge in [-0.25, -0.2) is 9.59 Å². The zero-order valence-electron chi connectivity index (χ0n) is 12.4. The Balaban J connectivity index is 3.32. The Kier molecular flexibility index (Phi) is 8.74. The number of alkyl carbamates (subject to hydrolysis) is 2. The molecule has 0 aromatic heterocycles. The van der Waals surface area contributed by atoms with Crippen LogP contribution in [0.4, 0.5) is 9.59 Å². The summed E-state index contributed by atoms with van der Waals surface area (Å²) in [6.45, 7) is 6.73. The van der Waals surface area contributed by atoms with Crippen molar-refractivity contribution >= 4 is 12.2 Å². The molecule has 0 bridgehead atoms. The molecule has 0 atom stereocenters. The van der Waals surface area contributed by atoms with Crippen LogP contribution in [0.1, 0.15) is 46.5 Å². The van der Waals surface area contributed by atoms with E-state index in [0.29, 0.717) is 13.1 Å². The van der Waals surface area contributed by atoms with Crippen molar-refractivity contribution in [1.29, 1.82) is 0 Å². The van der Waals surface area contributed by atoms with E-state index in [1.807, 2.05) is 20.8 Å². The monoisotopic (exact) mass is 274 g/mol. The minimum Gasteiger partial charge on any atom is -0.453 e. The summed E-state index contributed by atoms with van der Waals surface area (Å²) in [6.07, 6.45) is 3.03. The number of carbonyl (C=O) groups is 2. The molecule has 0 spiro atoms.